The van der Waals surface area contributed by atoms with E-state index in [1.54, 1.807) is 6.92 Å². The van der Waals surface area contributed by atoms with Gasteiger partial charge in [0.2, 0.25) is 0 Å². The molecule has 0 radical (unpaired) electrons. The normalized spacial score (nSPS) is 10.6. The van der Waals surface area contributed by atoms with Crippen LogP contribution in [-0.2, 0) is 4.79 Å². The summed E-state index contributed by atoms with van der Waals surface area (Å²) in [6, 6.07) is 8.18. The summed E-state index contributed by atoms with van der Waals surface area (Å²) in [5.74, 6) is 0.854. The zero-order valence-corrected chi connectivity index (χ0v) is 10.3. The molecule has 0 fully saturated rings. The second-order valence-electron chi connectivity index (χ2n) is 3.41. The minimum atomic E-state index is 0.182. The van der Waals surface area contributed by atoms with E-state index in [-0.39, 0.29) is 5.12 Å². The maximum Gasteiger partial charge on any atom is 0.185 e. The average Bonchev–Trinajstić information content (AvgIpc) is 2.28. The van der Waals surface area contributed by atoms with Gasteiger partial charge in [-0.05, 0) is 23.6 Å². The van der Waals surface area contributed by atoms with Crippen LogP contribution in [0.15, 0.2) is 36.9 Å². The number of carbonyl (C=O) groups excluding carboxylic acids is 1. The summed E-state index contributed by atoms with van der Waals surface area (Å²) in [4.78, 5) is 10.7. The Labute approximate surface area is 101 Å². The SMILES string of the molecule is C=Cc1cccc(C=CCCSC(C)=O)c1. The molecule has 1 nitrogen and oxygen atoms in total. The lowest BCUT2D eigenvalue weighted by Crippen LogP contribution is -1.83. The number of rotatable bonds is 5. The van der Waals surface area contributed by atoms with Gasteiger partial charge < -0.3 is 0 Å². The highest BCUT2D eigenvalue weighted by atomic mass is 32.2. The molecular formula is C14H16OS. The van der Waals surface area contributed by atoms with Crippen LogP contribution in [0.3, 0.4) is 0 Å². The van der Waals surface area contributed by atoms with Crippen LogP contribution in [0.2, 0.25) is 0 Å². The first-order chi connectivity index (χ1) is 7.72. The number of carbonyl (C=O) groups is 1. The molecule has 0 aromatic heterocycles. The third-order valence-corrected chi connectivity index (χ3v) is 2.89. The second-order valence-corrected chi connectivity index (χ2v) is 4.68. The highest BCUT2D eigenvalue weighted by Gasteiger charge is 1.91. The largest absolute Gasteiger partial charge is 0.288 e. The Kier molecular flexibility index (Phi) is 5.65. The van der Waals surface area contributed by atoms with Crippen LogP contribution in [0.4, 0.5) is 0 Å². The topological polar surface area (TPSA) is 17.1 Å². The fourth-order valence-corrected chi connectivity index (χ4v) is 1.82. The summed E-state index contributed by atoms with van der Waals surface area (Å²) >= 11 is 1.37. The van der Waals surface area contributed by atoms with Crippen LogP contribution < -0.4 is 0 Å². The molecule has 0 saturated heterocycles. The van der Waals surface area contributed by atoms with E-state index in [9.17, 15) is 4.79 Å². The molecule has 0 spiro atoms. The van der Waals surface area contributed by atoms with Gasteiger partial charge in [-0.3, -0.25) is 4.79 Å². The van der Waals surface area contributed by atoms with Crippen molar-refractivity contribution in [3.8, 4) is 0 Å². The predicted octanol–water partition coefficient (Wildman–Crippen LogP) is 4.01. The first-order valence-electron chi connectivity index (χ1n) is 5.25. The fraction of sp³-hybridized carbons (Fsp3) is 0.214. The molecule has 0 N–H and O–H groups in total. The molecule has 0 aliphatic heterocycles. The first kappa shape index (κ1) is 12.8. The Morgan fingerprint density at radius 2 is 2.19 bits per heavy atom. The Hall–Kier alpha value is -1.28. The molecule has 0 saturated carbocycles. The van der Waals surface area contributed by atoms with Gasteiger partial charge >= 0.3 is 0 Å². The maximum atomic E-state index is 10.7. The van der Waals surface area contributed by atoms with Crippen molar-refractivity contribution in [2.75, 3.05) is 5.75 Å². The summed E-state index contributed by atoms with van der Waals surface area (Å²) < 4.78 is 0. The van der Waals surface area contributed by atoms with E-state index >= 15 is 0 Å². The lowest BCUT2D eigenvalue weighted by molar-refractivity contribution is -0.109. The van der Waals surface area contributed by atoms with Crippen molar-refractivity contribution in [3.63, 3.8) is 0 Å². The van der Waals surface area contributed by atoms with Gasteiger partial charge in [-0.25, -0.2) is 0 Å². The van der Waals surface area contributed by atoms with Crippen LogP contribution in [-0.4, -0.2) is 10.9 Å². The van der Waals surface area contributed by atoms with Crippen LogP contribution in [0.25, 0.3) is 12.2 Å². The number of thioether (sulfide) groups is 1. The molecule has 0 heterocycles. The minimum Gasteiger partial charge on any atom is -0.288 e. The van der Waals surface area contributed by atoms with E-state index < -0.39 is 0 Å². The first-order valence-corrected chi connectivity index (χ1v) is 6.23. The van der Waals surface area contributed by atoms with Gasteiger partial charge in [0, 0.05) is 12.7 Å². The number of benzene rings is 1. The van der Waals surface area contributed by atoms with Gasteiger partial charge in [-0.1, -0.05) is 54.8 Å². The fourth-order valence-electron chi connectivity index (χ4n) is 1.28. The molecule has 0 amide bonds. The van der Waals surface area contributed by atoms with Crippen LogP contribution >= 0.6 is 11.8 Å². The molecule has 1 aromatic rings. The van der Waals surface area contributed by atoms with Gasteiger partial charge in [0.1, 0.15) is 0 Å². The van der Waals surface area contributed by atoms with Gasteiger partial charge in [0.05, 0.1) is 0 Å². The molecule has 0 unspecified atom stereocenters. The highest BCUT2D eigenvalue weighted by Crippen LogP contribution is 2.09. The standard InChI is InChI=1S/C14H16OS/c1-3-13-8-6-9-14(11-13)7-4-5-10-16-12(2)15/h3-4,6-9,11H,1,5,10H2,2H3. The molecule has 16 heavy (non-hydrogen) atoms. The summed E-state index contributed by atoms with van der Waals surface area (Å²) in [5, 5.41) is 0.182. The van der Waals surface area contributed by atoms with E-state index in [2.05, 4.69) is 30.9 Å². The van der Waals surface area contributed by atoms with Gasteiger partial charge in [0.25, 0.3) is 0 Å². The van der Waals surface area contributed by atoms with Crippen molar-refractivity contribution in [2.45, 2.75) is 13.3 Å². The molecule has 2 heteroatoms. The zero-order valence-electron chi connectivity index (χ0n) is 9.48. The molecule has 84 valence electrons. The van der Waals surface area contributed by atoms with Crippen molar-refractivity contribution in [3.05, 3.63) is 48.0 Å². The molecule has 0 aliphatic rings. The van der Waals surface area contributed by atoms with E-state index in [4.69, 9.17) is 0 Å². The molecule has 0 aliphatic carbocycles. The smallest absolute Gasteiger partial charge is 0.185 e. The molecular weight excluding hydrogens is 216 g/mol. The Morgan fingerprint density at radius 3 is 2.88 bits per heavy atom. The van der Waals surface area contributed by atoms with E-state index in [1.807, 2.05) is 18.2 Å². The predicted molar refractivity (Wildman–Crippen MR) is 73.3 cm³/mol. The van der Waals surface area contributed by atoms with E-state index in [0.29, 0.717) is 0 Å². The van der Waals surface area contributed by atoms with Crippen LogP contribution in [0.5, 0.6) is 0 Å². The van der Waals surface area contributed by atoms with Gasteiger partial charge in [-0.15, -0.1) is 0 Å². The third kappa shape index (κ3) is 4.99. The summed E-state index contributed by atoms with van der Waals surface area (Å²) in [5.41, 5.74) is 2.30. The van der Waals surface area contributed by atoms with Crippen LogP contribution in [0.1, 0.15) is 24.5 Å². The van der Waals surface area contributed by atoms with Crippen LogP contribution in [0, 0.1) is 0 Å². The Balaban J connectivity index is 2.43. The number of hydrogen-bond donors (Lipinski definition) is 0. The van der Waals surface area contributed by atoms with Crippen molar-refractivity contribution in [1.82, 2.24) is 0 Å². The Morgan fingerprint density at radius 1 is 1.44 bits per heavy atom. The Bertz CT molecular complexity index is 393. The van der Waals surface area contributed by atoms with E-state index in [0.717, 1.165) is 17.7 Å². The minimum absolute atomic E-state index is 0.182. The molecule has 1 rings (SSSR count). The lowest BCUT2D eigenvalue weighted by Gasteiger charge is -1.96. The maximum absolute atomic E-state index is 10.7. The van der Waals surface area contributed by atoms with Crippen molar-refractivity contribution >= 4 is 29.0 Å². The average molecular weight is 232 g/mol. The number of hydrogen-bond acceptors (Lipinski definition) is 2. The highest BCUT2D eigenvalue weighted by molar-refractivity contribution is 8.13. The summed E-state index contributed by atoms with van der Waals surface area (Å²) in [7, 11) is 0. The summed E-state index contributed by atoms with van der Waals surface area (Å²) in [6.45, 7) is 5.34. The van der Waals surface area contributed by atoms with E-state index in [1.165, 1.54) is 17.3 Å². The van der Waals surface area contributed by atoms with Crippen molar-refractivity contribution in [1.29, 1.82) is 0 Å². The van der Waals surface area contributed by atoms with Gasteiger partial charge in [0.15, 0.2) is 5.12 Å². The molecule has 1 aromatic carbocycles. The summed E-state index contributed by atoms with van der Waals surface area (Å²) in [6.07, 6.45) is 6.93. The third-order valence-electron chi connectivity index (χ3n) is 2.05. The molecule has 0 bridgehead atoms. The van der Waals surface area contributed by atoms with Crippen molar-refractivity contribution < 1.29 is 4.79 Å². The quantitative estimate of drug-likeness (QED) is 0.713. The lowest BCUT2D eigenvalue weighted by atomic mass is 10.1. The van der Waals surface area contributed by atoms with Gasteiger partial charge in [-0.2, -0.15) is 0 Å². The van der Waals surface area contributed by atoms with Crippen molar-refractivity contribution in [2.24, 2.45) is 0 Å². The number of allylic oxidation sites excluding steroid dienone is 1. The second kappa shape index (κ2) is 7.07. The monoisotopic (exact) mass is 232 g/mol. The zero-order chi connectivity index (χ0) is 11.8. The molecule has 0 atom stereocenters.